The molecule has 3 rings (SSSR count). The lowest BCUT2D eigenvalue weighted by Gasteiger charge is -2.39. The molecule has 1 aromatic rings. The van der Waals surface area contributed by atoms with E-state index in [2.05, 4.69) is 6.07 Å². The predicted molar refractivity (Wildman–Crippen MR) is 114 cm³/mol. The van der Waals surface area contributed by atoms with Crippen LogP contribution >= 0.6 is 0 Å². The molecular formula is C22H34BNO5. The number of hydrogen-bond donors (Lipinski definition) is 0. The lowest BCUT2D eigenvalue weighted by Crippen LogP contribution is -2.53. The minimum Gasteiger partial charge on any atom is -0.493 e. The van der Waals surface area contributed by atoms with Crippen LogP contribution in [-0.2, 0) is 14.0 Å². The van der Waals surface area contributed by atoms with E-state index >= 15 is 0 Å². The molecule has 0 saturated carbocycles. The topological polar surface area (TPSA) is 57.2 Å². The molecule has 2 heterocycles. The summed E-state index contributed by atoms with van der Waals surface area (Å²) in [5.41, 5.74) is 0.835. The summed E-state index contributed by atoms with van der Waals surface area (Å²) < 4.78 is 23.8. The van der Waals surface area contributed by atoms with E-state index in [9.17, 15) is 4.79 Å². The highest BCUT2D eigenvalue weighted by molar-refractivity contribution is 6.62. The van der Waals surface area contributed by atoms with Gasteiger partial charge >= 0.3 is 13.2 Å². The highest BCUT2D eigenvalue weighted by Crippen LogP contribution is 2.36. The van der Waals surface area contributed by atoms with Crippen LogP contribution in [0.3, 0.4) is 0 Å². The lowest BCUT2D eigenvalue weighted by atomic mass is 9.78. The highest BCUT2D eigenvalue weighted by atomic mass is 16.7. The highest BCUT2D eigenvalue weighted by Gasteiger charge is 2.51. The number of amides is 1. The molecule has 0 aliphatic carbocycles. The molecule has 2 aliphatic rings. The van der Waals surface area contributed by atoms with Crippen LogP contribution in [0.1, 0.15) is 54.0 Å². The van der Waals surface area contributed by atoms with Crippen LogP contribution in [0.5, 0.6) is 5.75 Å². The Balaban J connectivity index is 1.55. The number of ether oxygens (including phenoxy) is 2. The van der Waals surface area contributed by atoms with E-state index in [1.165, 1.54) is 0 Å². The molecule has 160 valence electrons. The zero-order valence-corrected chi connectivity index (χ0v) is 19.0. The van der Waals surface area contributed by atoms with Gasteiger partial charge in [-0.3, -0.25) is 0 Å². The van der Waals surface area contributed by atoms with Gasteiger partial charge in [-0.1, -0.05) is 6.07 Å². The fraction of sp³-hybridized carbons (Fsp3) is 0.682. The zero-order chi connectivity index (χ0) is 21.6. The van der Waals surface area contributed by atoms with Crippen LogP contribution in [0.25, 0.3) is 0 Å². The summed E-state index contributed by atoms with van der Waals surface area (Å²) in [6.45, 7) is 17.7. The minimum absolute atomic E-state index is 0.257. The number of benzene rings is 1. The normalized spacial score (nSPS) is 21.1. The van der Waals surface area contributed by atoms with Crippen molar-refractivity contribution in [2.45, 2.75) is 72.2 Å². The van der Waals surface area contributed by atoms with Crippen LogP contribution in [0, 0.1) is 12.8 Å². The minimum atomic E-state index is -0.468. The molecule has 0 N–H and O–H groups in total. The fourth-order valence-electron chi connectivity index (χ4n) is 3.34. The van der Waals surface area contributed by atoms with Gasteiger partial charge in [0.05, 0.1) is 17.8 Å². The number of nitrogens with zero attached hydrogens (tertiary/aromatic N) is 1. The second-order valence-electron chi connectivity index (χ2n) is 10.2. The van der Waals surface area contributed by atoms with Crippen LogP contribution in [-0.4, -0.2) is 54.6 Å². The van der Waals surface area contributed by atoms with Gasteiger partial charge in [-0.25, -0.2) is 4.79 Å². The third-order valence-electron chi connectivity index (χ3n) is 5.69. The lowest BCUT2D eigenvalue weighted by molar-refractivity contribution is -0.00781. The summed E-state index contributed by atoms with van der Waals surface area (Å²) in [6, 6.07) is 6.07. The third-order valence-corrected chi connectivity index (χ3v) is 5.69. The first kappa shape index (κ1) is 22.0. The molecule has 6 nitrogen and oxygen atoms in total. The van der Waals surface area contributed by atoms with Gasteiger partial charge in [0.1, 0.15) is 11.4 Å². The molecule has 7 heteroatoms. The van der Waals surface area contributed by atoms with Crippen molar-refractivity contribution in [1.29, 1.82) is 0 Å². The number of likely N-dealkylation sites (tertiary alicyclic amines) is 1. The Hall–Kier alpha value is -1.73. The molecule has 0 aromatic heterocycles. The van der Waals surface area contributed by atoms with Crippen LogP contribution in [0.15, 0.2) is 18.2 Å². The first-order chi connectivity index (χ1) is 13.3. The molecule has 2 aliphatic heterocycles. The van der Waals surface area contributed by atoms with Crippen molar-refractivity contribution in [2.75, 3.05) is 19.7 Å². The number of hydrogen-bond acceptors (Lipinski definition) is 5. The summed E-state index contributed by atoms with van der Waals surface area (Å²) in [4.78, 5) is 13.8. The van der Waals surface area contributed by atoms with Gasteiger partial charge in [-0.15, -0.1) is 0 Å². The maximum atomic E-state index is 12.0. The van der Waals surface area contributed by atoms with E-state index < -0.39 is 12.7 Å². The first-order valence-electron chi connectivity index (χ1n) is 10.3. The molecule has 0 spiro atoms. The summed E-state index contributed by atoms with van der Waals surface area (Å²) >= 11 is 0. The Morgan fingerprint density at radius 3 is 2.28 bits per heavy atom. The predicted octanol–water partition coefficient (Wildman–Crippen LogP) is 3.54. The number of carbonyl (C=O) groups is 1. The number of rotatable bonds is 4. The summed E-state index contributed by atoms with van der Waals surface area (Å²) in [5.74, 6) is 1.11. The molecule has 0 unspecified atom stereocenters. The van der Waals surface area contributed by atoms with Gasteiger partial charge in [0.15, 0.2) is 0 Å². The smallest absolute Gasteiger partial charge is 0.493 e. The average molecular weight is 403 g/mol. The van der Waals surface area contributed by atoms with Crippen molar-refractivity contribution in [2.24, 2.45) is 5.92 Å². The number of carbonyl (C=O) groups excluding carboxylic acids is 1. The monoisotopic (exact) mass is 403 g/mol. The van der Waals surface area contributed by atoms with E-state index in [-0.39, 0.29) is 17.3 Å². The summed E-state index contributed by atoms with van der Waals surface area (Å²) in [7, 11) is -0.409. The van der Waals surface area contributed by atoms with Gasteiger partial charge in [0.2, 0.25) is 0 Å². The summed E-state index contributed by atoms with van der Waals surface area (Å²) in [6.07, 6.45) is -0.257. The van der Waals surface area contributed by atoms with Crippen LogP contribution in [0.2, 0.25) is 0 Å². The molecule has 0 radical (unpaired) electrons. The molecule has 0 bridgehead atoms. The third kappa shape index (κ3) is 5.07. The van der Waals surface area contributed by atoms with Gasteiger partial charge in [-0.2, -0.15) is 0 Å². The van der Waals surface area contributed by atoms with Crippen molar-refractivity contribution in [3.8, 4) is 5.75 Å². The maximum Gasteiger partial charge on any atom is 0.494 e. The van der Waals surface area contributed by atoms with Crippen molar-refractivity contribution >= 4 is 18.7 Å². The standard InChI is InChI=1S/C22H34BNO5/c1-15-9-17(23-28-21(5,6)22(7,8)29-23)11-18(10-15)26-14-16-12-24(13-16)19(25)27-20(2,3)4/h9-11,16H,12-14H2,1-8H3. The fourth-order valence-corrected chi connectivity index (χ4v) is 3.34. The largest absolute Gasteiger partial charge is 0.494 e. The van der Waals surface area contributed by atoms with Crippen LogP contribution < -0.4 is 10.2 Å². The van der Waals surface area contributed by atoms with Gasteiger partial charge < -0.3 is 23.7 Å². The molecule has 1 aromatic carbocycles. The van der Waals surface area contributed by atoms with Gasteiger partial charge in [0, 0.05) is 19.0 Å². The molecule has 1 amide bonds. The Kier molecular flexibility index (Phi) is 5.69. The van der Waals surface area contributed by atoms with E-state index in [0.717, 1.165) is 16.8 Å². The van der Waals surface area contributed by atoms with Crippen LogP contribution in [0.4, 0.5) is 4.79 Å². The Labute approximate surface area is 175 Å². The SMILES string of the molecule is Cc1cc(OCC2CN(C(=O)OC(C)(C)C)C2)cc(B2OC(C)(C)C(C)(C)O2)c1. The molecular weight excluding hydrogens is 369 g/mol. The Morgan fingerprint density at radius 2 is 1.72 bits per heavy atom. The zero-order valence-electron chi connectivity index (χ0n) is 19.0. The van der Waals surface area contributed by atoms with E-state index in [0.29, 0.717) is 25.6 Å². The van der Waals surface area contributed by atoms with Crippen molar-refractivity contribution in [3.63, 3.8) is 0 Å². The maximum absolute atomic E-state index is 12.0. The molecule has 2 saturated heterocycles. The second-order valence-corrected chi connectivity index (χ2v) is 10.2. The second kappa shape index (κ2) is 7.51. The Bertz CT molecular complexity index is 749. The Morgan fingerprint density at radius 1 is 1.14 bits per heavy atom. The van der Waals surface area contributed by atoms with Crippen molar-refractivity contribution in [3.05, 3.63) is 23.8 Å². The summed E-state index contributed by atoms with van der Waals surface area (Å²) in [5, 5.41) is 0. The van der Waals surface area contributed by atoms with E-state index in [1.807, 2.05) is 67.5 Å². The molecule has 0 atom stereocenters. The van der Waals surface area contributed by atoms with E-state index in [1.54, 1.807) is 4.90 Å². The van der Waals surface area contributed by atoms with Gasteiger partial charge in [0.25, 0.3) is 0 Å². The quantitative estimate of drug-likeness (QED) is 0.720. The van der Waals surface area contributed by atoms with E-state index in [4.69, 9.17) is 18.8 Å². The van der Waals surface area contributed by atoms with Gasteiger partial charge in [-0.05, 0) is 78.5 Å². The average Bonchev–Trinajstić information content (AvgIpc) is 2.71. The van der Waals surface area contributed by atoms with Crippen molar-refractivity contribution in [1.82, 2.24) is 4.90 Å². The first-order valence-corrected chi connectivity index (χ1v) is 10.3. The molecule has 2 fully saturated rings. The number of aryl methyl sites for hydroxylation is 1. The van der Waals surface area contributed by atoms with Crippen molar-refractivity contribution < 1.29 is 23.6 Å². The molecule has 29 heavy (non-hydrogen) atoms.